The fourth-order valence-corrected chi connectivity index (χ4v) is 4.33. The molecule has 1 aliphatic rings. The van der Waals surface area contributed by atoms with E-state index in [1.807, 2.05) is 0 Å². The number of rotatable bonds is 10. The van der Waals surface area contributed by atoms with Gasteiger partial charge in [-0.3, -0.25) is 0 Å². The molecular formula is C24H37N. The van der Waals surface area contributed by atoms with E-state index >= 15 is 0 Å². The maximum atomic E-state index is 9.77. The first-order valence-corrected chi connectivity index (χ1v) is 10.7. The highest BCUT2D eigenvalue weighted by Gasteiger charge is 2.35. The predicted octanol–water partition coefficient (Wildman–Crippen LogP) is 7.56. The molecule has 0 amide bonds. The van der Waals surface area contributed by atoms with Crippen molar-refractivity contribution < 1.29 is 0 Å². The van der Waals surface area contributed by atoms with Crippen LogP contribution >= 0.6 is 0 Å². The van der Waals surface area contributed by atoms with E-state index in [0.29, 0.717) is 5.92 Å². The van der Waals surface area contributed by atoms with Gasteiger partial charge in [0.2, 0.25) is 0 Å². The summed E-state index contributed by atoms with van der Waals surface area (Å²) >= 11 is 0. The lowest BCUT2D eigenvalue weighted by Gasteiger charge is -2.35. The Bertz CT molecular complexity index is 514. The third kappa shape index (κ3) is 6.18. The molecule has 0 heterocycles. The van der Waals surface area contributed by atoms with Gasteiger partial charge in [-0.1, -0.05) is 76.6 Å². The van der Waals surface area contributed by atoms with E-state index in [4.69, 9.17) is 0 Å². The van der Waals surface area contributed by atoms with Gasteiger partial charge in [0.25, 0.3) is 0 Å². The van der Waals surface area contributed by atoms with Crippen LogP contribution in [-0.2, 0) is 6.42 Å². The van der Waals surface area contributed by atoms with Crippen molar-refractivity contribution in [3.8, 4) is 6.07 Å². The minimum atomic E-state index is -0.0240. The number of unbranched alkanes of at least 4 members (excludes halogenated alkanes) is 5. The standard InChI is InChI=1S/C24H37N/c1-3-5-7-8-9-17-24(20-25)18-15-23(16-19-24)22-13-11-21(12-14-22)10-6-4-2/h11-14,23H,3-10,15-19H2,1-2H3. The molecule has 0 unspecified atom stereocenters. The van der Waals surface area contributed by atoms with Gasteiger partial charge in [-0.2, -0.15) is 5.26 Å². The summed E-state index contributed by atoms with van der Waals surface area (Å²) in [5.41, 5.74) is 2.94. The fraction of sp³-hybridized carbons (Fsp3) is 0.708. The van der Waals surface area contributed by atoms with Crippen LogP contribution in [0.1, 0.15) is 108 Å². The molecule has 1 aromatic carbocycles. The van der Waals surface area contributed by atoms with Crippen molar-refractivity contribution in [3.63, 3.8) is 0 Å². The van der Waals surface area contributed by atoms with Gasteiger partial charge in [0.05, 0.1) is 11.5 Å². The van der Waals surface area contributed by atoms with Gasteiger partial charge < -0.3 is 0 Å². The highest BCUT2D eigenvalue weighted by molar-refractivity contribution is 5.26. The van der Waals surface area contributed by atoms with Gasteiger partial charge in [-0.25, -0.2) is 0 Å². The molecular weight excluding hydrogens is 302 g/mol. The van der Waals surface area contributed by atoms with Gasteiger partial charge in [0, 0.05) is 0 Å². The van der Waals surface area contributed by atoms with Crippen molar-refractivity contribution in [2.75, 3.05) is 0 Å². The summed E-state index contributed by atoms with van der Waals surface area (Å²) in [5, 5.41) is 9.77. The Morgan fingerprint density at radius 1 is 0.920 bits per heavy atom. The van der Waals surface area contributed by atoms with Gasteiger partial charge in [0.15, 0.2) is 0 Å². The summed E-state index contributed by atoms with van der Waals surface area (Å²) in [7, 11) is 0. The van der Waals surface area contributed by atoms with E-state index in [1.165, 1.54) is 75.3 Å². The van der Waals surface area contributed by atoms with Crippen LogP contribution in [0.4, 0.5) is 0 Å². The summed E-state index contributed by atoms with van der Waals surface area (Å²) in [6.07, 6.45) is 16.0. The number of hydrogen-bond acceptors (Lipinski definition) is 1. The second-order valence-corrected chi connectivity index (χ2v) is 8.18. The highest BCUT2D eigenvalue weighted by atomic mass is 14.4. The minimum absolute atomic E-state index is 0.0240. The Kier molecular flexibility index (Phi) is 8.53. The Hall–Kier alpha value is -1.29. The lowest BCUT2D eigenvalue weighted by Crippen LogP contribution is -2.25. The zero-order valence-electron chi connectivity index (χ0n) is 16.5. The summed E-state index contributed by atoms with van der Waals surface area (Å²) in [6, 6.07) is 12.1. The van der Waals surface area contributed by atoms with Gasteiger partial charge in [-0.05, 0) is 62.0 Å². The molecule has 1 saturated carbocycles. The smallest absolute Gasteiger partial charge is 0.0689 e. The van der Waals surface area contributed by atoms with Crippen molar-refractivity contribution in [3.05, 3.63) is 35.4 Å². The zero-order valence-corrected chi connectivity index (χ0v) is 16.5. The monoisotopic (exact) mass is 339 g/mol. The van der Waals surface area contributed by atoms with E-state index in [1.54, 1.807) is 0 Å². The number of hydrogen-bond donors (Lipinski definition) is 0. The number of benzene rings is 1. The summed E-state index contributed by atoms with van der Waals surface area (Å²) in [6.45, 7) is 4.51. The molecule has 0 saturated heterocycles. The first kappa shape index (κ1) is 20.0. The molecule has 1 fully saturated rings. The molecule has 0 spiro atoms. The quantitative estimate of drug-likeness (QED) is 0.403. The van der Waals surface area contributed by atoms with Crippen molar-refractivity contribution in [2.24, 2.45) is 5.41 Å². The zero-order chi connectivity index (χ0) is 18.0. The van der Waals surface area contributed by atoms with Gasteiger partial charge >= 0.3 is 0 Å². The lowest BCUT2D eigenvalue weighted by atomic mass is 9.67. The first-order valence-electron chi connectivity index (χ1n) is 10.7. The summed E-state index contributed by atoms with van der Waals surface area (Å²) < 4.78 is 0. The van der Waals surface area contributed by atoms with E-state index in [2.05, 4.69) is 44.2 Å². The fourth-order valence-electron chi connectivity index (χ4n) is 4.33. The molecule has 0 aliphatic heterocycles. The molecule has 0 N–H and O–H groups in total. The lowest BCUT2D eigenvalue weighted by molar-refractivity contribution is 0.223. The molecule has 0 radical (unpaired) electrons. The van der Waals surface area contributed by atoms with Gasteiger partial charge in [-0.15, -0.1) is 0 Å². The molecule has 1 nitrogen and oxygen atoms in total. The molecule has 1 heteroatoms. The van der Waals surface area contributed by atoms with Crippen molar-refractivity contribution in [1.82, 2.24) is 0 Å². The van der Waals surface area contributed by atoms with Crippen LogP contribution in [0.3, 0.4) is 0 Å². The van der Waals surface area contributed by atoms with Crippen LogP contribution < -0.4 is 0 Å². The van der Waals surface area contributed by atoms with Crippen molar-refractivity contribution >= 4 is 0 Å². The molecule has 1 aromatic rings. The van der Waals surface area contributed by atoms with Crippen LogP contribution in [0.25, 0.3) is 0 Å². The van der Waals surface area contributed by atoms with E-state index in [0.717, 1.165) is 19.3 Å². The molecule has 2 rings (SSSR count). The van der Waals surface area contributed by atoms with E-state index in [-0.39, 0.29) is 5.41 Å². The Morgan fingerprint density at radius 2 is 1.56 bits per heavy atom. The number of nitriles is 1. The van der Waals surface area contributed by atoms with E-state index in [9.17, 15) is 5.26 Å². The van der Waals surface area contributed by atoms with Crippen LogP contribution in [0.5, 0.6) is 0 Å². The normalized spacial score (nSPS) is 23.3. The van der Waals surface area contributed by atoms with Crippen molar-refractivity contribution in [1.29, 1.82) is 5.26 Å². The second-order valence-electron chi connectivity index (χ2n) is 8.18. The van der Waals surface area contributed by atoms with Gasteiger partial charge in [0.1, 0.15) is 0 Å². The molecule has 25 heavy (non-hydrogen) atoms. The first-order chi connectivity index (χ1) is 12.2. The molecule has 0 bridgehead atoms. The average Bonchev–Trinajstić information content (AvgIpc) is 2.67. The molecule has 0 aromatic heterocycles. The third-order valence-electron chi connectivity index (χ3n) is 6.21. The topological polar surface area (TPSA) is 23.8 Å². The predicted molar refractivity (Wildman–Crippen MR) is 108 cm³/mol. The Balaban J connectivity index is 1.81. The minimum Gasteiger partial charge on any atom is -0.198 e. The van der Waals surface area contributed by atoms with Crippen molar-refractivity contribution in [2.45, 2.75) is 103 Å². The van der Waals surface area contributed by atoms with Crippen LogP contribution in [-0.4, -0.2) is 0 Å². The number of aryl methyl sites for hydroxylation is 1. The second kappa shape index (κ2) is 10.6. The molecule has 1 aliphatic carbocycles. The SMILES string of the molecule is CCCCCCCC1(C#N)CCC(c2ccc(CCCC)cc2)CC1. The van der Waals surface area contributed by atoms with Crippen LogP contribution in [0.15, 0.2) is 24.3 Å². The number of nitrogens with zero attached hydrogens (tertiary/aromatic N) is 1. The van der Waals surface area contributed by atoms with Crippen LogP contribution in [0.2, 0.25) is 0 Å². The maximum Gasteiger partial charge on any atom is 0.0689 e. The summed E-state index contributed by atoms with van der Waals surface area (Å²) in [5.74, 6) is 0.668. The summed E-state index contributed by atoms with van der Waals surface area (Å²) in [4.78, 5) is 0. The maximum absolute atomic E-state index is 9.77. The van der Waals surface area contributed by atoms with Crippen LogP contribution in [0, 0.1) is 16.7 Å². The Labute approximate surface area is 155 Å². The molecule has 0 atom stereocenters. The molecule has 138 valence electrons. The van der Waals surface area contributed by atoms with E-state index < -0.39 is 0 Å². The largest absolute Gasteiger partial charge is 0.198 e. The third-order valence-corrected chi connectivity index (χ3v) is 6.21. The highest BCUT2D eigenvalue weighted by Crippen LogP contribution is 2.45. The average molecular weight is 340 g/mol. The Morgan fingerprint density at radius 3 is 2.16 bits per heavy atom.